The third-order valence-electron chi connectivity index (χ3n) is 3.76. The summed E-state index contributed by atoms with van der Waals surface area (Å²) in [6, 6.07) is 16.0. The van der Waals surface area contributed by atoms with Gasteiger partial charge in [-0.15, -0.1) is 0 Å². The van der Waals surface area contributed by atoms with Crippen molar-refractivity contribution in [1.29, 1.82) is 0 Å². The Labute approximate surface area is 133 Å². The Morgan fingerprint density at radius 1 is 0.913 bits per heavy atom. The second kappa shape index (κ2) is 5.88. The SMILES string of the molecule is c1ccc(-c2cccnc2NCc2cccc3cn[nH]c23)nc1. The molecule has 2 N–H and O–H groups in total. The molecule has 0 aliphatic carbocycles. The normalized spacial score (nSPS) is 10.8. The summed E-state index contributed by atoms with van der Waals surface area (Å²) >= 11 is 0. The van der Waals surface area contributed by atoms with E-state index < -0.39 is 0 Å². The lowest BCUT2D eigenvalue weighted by Crippen LogP contribution is -2.03. The van der Waals surface area contributed by atoms with Gasteiger partial charge in [-0.2, -0.15) is 5.10 Å². The molecule has 0 fully saturated rings. The first-order valence-corrected chi connectivity index (χ1v) is 7.43. The van der Waals surface area contributed by atoms with Gasteiger partial charge in [-0.1, -0.05) is 24.3 Å². The van der Waals surface area contributed by atoms with Crippen molar-refractivity contribution in [2.45, 2.75) is 6.54 Å². The number of hydrogen-bond donors (Lipinski definition) is 2. The van der Waals surface area contributed by atoms with Crippen LogP contribution in [-0.2, 0) is 6.54 Å². The number of anilines is 1. The molecule has 5 heteroatoms. The molecule has 5 nitrogen and oxygen atoms in total. The zero-order valence-electron chi connectivity index (χ0n) is 12.4. The number of nitrogens with one attached hydrogen (secondary N) is 2. The summed E-state index contributed by atoms with van der Waals surface area (Å²) in [7, 11) is 0. The van der Waals surface area contributed by atoms with Crippen molar-refractivity contribution in [2.75, 3.05) is 5.32 Å². The first kappa shape index (κ1) is 13.5. The van der Waals surface area contributed by atoms with Crippen LogP contribution in [0.1, 0.15) is 5.56 Å². The Bertz CT molecular complexity index is 930. The fourth-order valence-electron chi connectivity index (χ4n) is 2.63. The van der Waals surface area contributed by atoms with Gasteiger partial charge >= 0.3 is 0 Å². The van der Waals surface area contributed by atoms with Crippen molar-refractivity contribution in [3.63, 3.8) is 0 Å². The number of aromatic amines is 1. The van der Waals surface area contributed by atoms with Crippen molar-refractivity contribution in [2.24, 2.45) is 0 Å². The van der Waals surface area contributed by atoms with Crippen molar-refractivity contribution in [1.82, 2.24) is 20.2 Å². The zero-order chi connectivity index (χ0) is 15.5. The van der Waals surface area contributed by atoms with E-state index in [0.717, 1.165) is 33.5 Å². The van der Waals surface area contributed by atoms with E-state index in [9.17, 15) is 0 Å². The van der Waals surface area contributed by atoms with Gasteiger partial charge in [0.05, 0.1) is 17.4 Å². The summed E-state index contributed by atoms with van der Waals surface area (Å²) in [5.41, 5.74) is 4.10. The maximum Gasteiger partial charge on any atom is 0.135 e. The molecule has 23 heavy (non-hydrogen) atoms. The molecule has 0 radical (unpaired) electrons. The molecule has 112 valence electrons. The third kappa shape index (κ3) is 2.64. The Balaban J connectivity index is 1.64. The Kier molecular flexibility index (Phi) is 3.44. The molecule has 1 aromatic carbocycles. The molecular weight excluding hydrogens is 286 g/mol. The van der Waals surface area contributed by atoms with E-state index in [1.807, 2.05) is 48.7 Å². The topological polar surface area (TPSA) is 66.5 Å². The number of fused-ring (bicyclic) bond motifs is 1. The first-order chi connectivity index (χ1) is 11.4. The van der Waals surface area contributed by atoms with Crippen LogP contribution in [0.5, 0.6) is 0 Å². The van der Waals surface area contributed by atoms with Crippen LogP contribution < -0.4 is 5.32 Å². The van der Waals surface area contributed by atoms with Gasteiger partial charge in [0.25, 0.3) is 0 Å². The van der Waals surface area contributed by atoms with E-state index in [0.29, 0.717) is 6.54 Å². The van der Waals surface area contributed by atoms with E-state index in [4.69, 9.17) is 0 Å². The average Bonchev–Trinajstić information content (AvgIpc) is 3.10. The number of rotatable bonds is 4. The van der Waals surface area contributed by atoms with E-state index in [1.54, 1.807) is 12.4 Å². The molecule has 0 saturated carbocycles. The quantitative estimate of drug-likeness (QED) is 0.604. The molecule has 0 saturated heterocycles. The summed E-state index contributed by atoms with van der Waals surface area (Å²) in [4.78, 5) is 8.87. The molecule has 0 spiro atoms. The smallest absolute Gasteiger partial charge is 0.135 e. The van der Waals surface area contributed by atoms with Gasteiger partial charge in [-0.3, -0.25) is 10.1 Å². The van der Waals surface area contributed by atoms with Crippen LogP contribution in [-0.4, -0.2) is 20.2 Å². The van der Waals surface area contributed by atoms with Crippen LogP contribution in [0.4, 0.5) is 5.82 Å². The van der Waals surface area contributed by atoms with Crippen molar-refractivity contribution in [3.05, 3.63) is 72.7 Å². The zero-order valence-corrected chi connectivity index (χ0v) is 12.4. The first-order valence-electron chi connectivity index (χ1n) is 7.43. The number of H-pyrrole nitrogens is 1. The minimum Gasteiger partial charge on any atom is -0.365 e. The molecule has 4 aromatic rings. The molecule has 0 amide bonds. The Hall–Kier alpha value is -3.21. The lowest BCUT2D eigenvalue weighted by Gasteiger charge is -2.11. The Morgan fingerprint density at radius 2 is 1.87 bits per heavy atom. The summed E-state index contributed by atoms with van der Waals surface area (Å²) in [5.74, 6) is 0.822. The van der Waals surface area contributed by atoms with E-state index in [1.165, 1.54) is 0 Å². The number of aromatic nitrogens is 4. The fraction of sp³-hybridized carbons (Fsp3) is 0.0556. The van der Waals surface area contributed by atoms with Gasteiger partial charge in [0.2, 0.25) is 0 Å². The van der Waals surface area contributed by atoms with Crippen LogP contribution in [0.3, 0.4) is 0 Å². The fourth-order valence-corrected chi connectivity index (χ4v) is 2.63. The second-order valence-electron chi connectivity index (χ2n) is 5.22. The van der Waals surface area contributed by atoms with E-state index >= 15 is 0 Å². The van der Waals surface area contributed by atoms with Crippen LogP contribution >= 0.6 is 0 Å². The lowest BCUT2D eigenvalue weighted by atomic mass is 10.1. The highest BCUT2D eigenvalue weighted by Crippen LogP contribution is 2.25. The average molecular weight is 301 g/mol. The van der Waals surface area contributed by atoms with E-state index in [-0.39, 0.29) is 0 Å². The minimum atomic E-state index is 0.663. The maximum atomic E-state index is 4.46. The summed E-state index contributed by atoms with van der Waals surface area (Å²) in [5, 5.41) is 11.7. The minimum absolute atomic E-state index is 0.663. The van der Waals surface area contributed by atoms with Gasteiger partial charge in [0.1, 0.15) is 5.82 Å². The predicted molar refractivity (Wildman–Crippen MR) is 90.9 cm³/mol. The lowest BCUT2D eigenvalue weighted by molar-refractivity contribution is 1.08. The highest BCUT2D eigenvalue weighted by Gasteiger charge is 2.08. The number of pyridine rings is 2. The summed E-state index contributed by atoms with van der Waals surface area (Å²) in [6.45, 7) is 0.663. The van der Waals surface area contributed by atoms with Gasteiger partial charge in [-0.25, -0.2) is 4.98 Å². The molecule has 4 rings (SSSR count). The monoisotopic (exact) mass is 301 g/mol. The highest BCUT2D eigenvalue weighted by molar-refractivity contribution is 5.81. The van der Waals surface area contributed by atoms with Crippen LogP contribution in [0.15, 0.2) is 67.1 Å². The second-order valence-corrected chi connectivity index (χ2v) is 5.22. The van der Waals surface area contributed by atoms with Crippen molar-refractivity contribution < 1.29 is 0 Å². The van der Waals surface area contributed by atoms with Gasteiger partial charge in [-0.05, 0) is 29.8 Å². The number of benzene rings is 1. The molecule has 3 aromatic heterocycles. The third-order valence-corrected chi connectivity index (χ3v) is 3.76. The number of nitrogens with zero attached hydrogens (tertiary/aromatic N) is 3. The van der Waals surface area contributed by atoms with Crippen molar-refractivity contribution >= 4 is 16.7 Å². The highest BCUT2D eigenvalue weighted by atomic mass is 15.1. The van der Waals surface area contributed by atoms with Gasteiger partial charge < -0.3 is 5.32 Å². The van der Waals surface area contributed by atoms with Gasteiger partial charge in [0, 0.05) is 29.9 Å². The van der Waals surface area contributed by atoms with Gasteiger partial charge in [0.15, 0.2) is 0 Å². The van der Waals surface area contributed by atoms with Crippen LogP contribution in [0.2, 0.25) is 0 Å². The summed E-state index contributed by atoms with van der Waals surface area (Å²) in [6.07, 6.45) is 5.40. The number of hydrogen-bond acceptors (Lipinski definition) is 4. The summed E-state index contributed by atoms with van der Waals surface area (Å²) < 4.78 is 0. The molecule has 0 atom stereocenters. The maximum absolute atomic E-state index is 4.46. The molecule has 0 bridgehead atoms. The molecule has 3 heterocycles. The Morgan fingerprint density at radius 3 is 2.78 bits per heavy atom. The molecule has 0 unspecified atom stereocenters. The molecule has 0 aliphatic rings. The van der Waals surface area contributed by atoms with E-state index in [2.05, 4.69) is 31.5 Å². The van der Waals surface area contributed by atoms with Crippen LogP contribution in [0, 0.1) is 0 Å². The van der Waals surface area contributed by atoms with Crippen LogP contribution in [0.25, 0.3) is 22.2 Å². The standard InChI is InChI=1S/C18H15N5/c1-2-9-19-16(8-1)15-7-4-10-20-18(15)21-11-13-5-3-6-14-12-22-23-17(13)14/h1-10,12H,11H2,(H,20,21)(H,22,23). The largest absolute Gasteiger partial charge is 0.365 e. The number of para-hydroxylation sites is 1. The molecular formula is C18H15N5. The predicted octanol–water partition coefficient (Wildman–Crippen LogP) is 3.63. The van der Waals surface area contributed by atoms with Crippen molar-refractivity contribution in [3.8, 4) is 11.3 Å². The molecule has 0 aliphatic heterocycles.